The molecule has 0 aromatic heterocycles. The summed E-state index contributed by atoms with van der Waals surface area (Å²) in [5.74, 6) is 0. The van der Waals surface area contributed by atoms with Crippen molar-refractivity contribution < 1.29 is 70.6 Å². The van der Waals surface area contributed by atoms with E-state index >= 15 is 0 Å². The van der Waals surface area contributed by atoms with Gasteiger partial charge >= 0.3 is 46.6 Å². The largest absolute Gasteiger partial charge is 2.00 e. The van der Waals surface area contributed by atoms with E-state index < -0.39 is 7.82 Å². The van der Waals surface area contributed by atoms with E-state index in [0.717, 1.165) is 0 Å². The van der Waals surface area contributed by atoms with E-state index in [4.69, 9.17) is 19.2 Å². The summed E-state index contributed by atoms with van der Waals surface area (Å²) >= 11 is 0. The molecule has 0 heterocycles. The van der Waals surface area contributed by atoms with E-state index in [1.54, 1.807) is 0 Å². The third-order valence-corrected chi connectivity index (χ3v) is 0. The molecule has 0 aliphatic heterocycles. The quantitative estimate of drug-likeness (QED) is 0.283. The van der Waals surface area contributed by atoms with Crippen LogP contribution in [0.3, 0.4) is 0 Å². The molecule has 0 atom stereocenters. The van der Waals surface area contributed by atoms with Crippen LogP contribution in [0.4, 0.5) is 4.70 Å². The SMILES string of the molecule is O=P([O-])([O-])[O-].[F].[Fe+2].[Na+]. The Hall–Kier alpha value is 1.56. The van der Waals surface area contributed by atoms with Gasteiger partial charge in [-0.05, 0) is 0 Å². The Morgan fingerprint density at radius 2 is 1.12 bits per heavy atom. The minimum atomic E-state index is -5.39. The molecular weight excluding hydrogens is 193 g/mol. The van der Waals surface area contributed by atoms with Crippen molar-refractivity contribution in [1.82, 2.24) is 0 Å². The molecule has 0 N–H and O–H groups in total. The first kappa shape index (κ1) is 22.7. The van der Waals surface area contributed by atoms with Gasteiger partial charge in [0.1, 0.15) is 0 Å². The first-order valence-corrected chi connectivity index (χ1v) is 2.19. The summed E-state index contributed by atoms with van der Waals surface area (Å²) in [4.78, 5) is 25.6. The zero-order valence-corrected chi connectivity index (χ0v) is 7.81. The van der Waals surface area contributed by atoms with Crippen LogP contribution in [0.1, 0.15) is 0 Å². The normalized spacial score (nSPS) is 7.38. The van der Waals surface area contributed by atoms with Gasteiger partial charge in [0, 0.05) is 4.70 Å². The van der Waals surface area contributed by atoms with Crippen molar-refractivity contribution in [3.8, 4) is 0 Å². The van der Waals surface area contributed by atoms with Crippen molar-refractivity contribution in [3.05, 3.63) is 0 Å². The first-order chi connectivity index (χ1) is 2.00. The maximum atomic E-state index is 8.55. The monoisotopic (exact) mass is 193 g/mol. The van der Waals surface area contributed by atoms with E-state index in [1.807, 2.05) is 0 Å². The number of hydrogen-bond acceptors (Lipinski definition) is 4. The van der Waals surface area contributed by atoms with Crippen molar-refractivity contribution in [2.45, 2.75) is 0 Å². The molecule has 0 spiro atoms. The fraction of sp³-hybridized carbons (Fsp3) is 0. The molecular formula is FFeNaO4P. The van der Waals surface area contributed by atoms with E-state index in [9.17, 15) is 0 Å². The van der Waals surface area contributed by atoms with Crippen LogP contribution >= 0.6 is 7.82 Å². The molecule has 1 radical (unpaired) electrons. The Bertz CT molecular complexity index is 62.2. The van der Waals surface area contributed by atoms with Crippen LogP contribution in [0.15, 0.2) is 0 Å². The Labute approximate surface area is 78.0 Å². The van der Waals surface area contributed by atoms with Gasteiger partial charge in [-0.15, -0.1) is 0 Å². The zero-order chi connectivity index (χ0) is 4.50. The second-order valence-corrected chi connectivity index (χ2v) is 1.34. The number of rotatable bonds is 0. The standard InChI is InChI=1S/F.Fe.Na.H3O4P/c;;;1-5(2,3)4/h;;;(H3,1,2,3,4)/q;+2;+1;/p-3. The Balaban J connectivity index is -0.0000000267. The van der Waals surface area contributed by atoms with Gasteiger partial charge in [0.05, 0.1) is 0 Å². The summed E-state index contributed by atoms with van der Waals surface area (Å²) < 4.78 is 8.55. The van der Waals surface area contributed by atoms with Crippen LogP contribution in [-0.4, -0.2) is 0 Å². The van der Waals surface area contributed by atoms with Crippen LogP contribution < -0.4 is 44.2 Å². The molecule has 0 aliphatic rings. The molecule has 45 valence electrons. The van der Waals surface area contributed by atoms with Crippen molar-refractivity contribution in [2.75, 3.05) is 0 Å². The maximum Gasteiger partial charge on any atom is 2.00 e. The maximum absolute atomic E-state index is 8.55. The molecule has 0 saturated carbocycles. The predicted molar refractivity (Wildman–Crippen MR) is 8.71 cm³/mol. The van der Waals surface area contributed by atoms with Crippen molar-refractivity contribution in [1.29, 1.82) is 0 Å². The van der Waals surface area contributed by atoms with Crippen molar-refractivity contribution in [3.63, 3.8) is 0 Å². The minimum Gasteiger partial charge on any atom is -0.822 e. The summed E-state index contributed by atoms with van der Waals surface area (Å²) in [5.41, 5.74) is 0. The predicted octanol–water partition coefficient (Wildman–Crippen LogP) is -5.40. The number of hydrogen-bond donors (Lipinski definition) is 0. The Morgan fingerprint density at radius 1 is 1.12 bits per heavy atom. The summed E-state index contributed by atoms with van der Waals surface area (Å²) in [6, 6.07) is 0. The fourth-order valence-electron chi connectivity index (χ4n) is 0. The van der Waals surface area contributed by atoms with Crippen molar-refractivity contribution in [2.24, 2.45) is 0 Å². The van der Waals surface area contributed by atoms with Crippen LogP contribution in [0, 0.1) is 0 Å². The van der Waals surface area contributed by atoms with E-state index in [1.165, 1.54) is 0 Å². The molecule has 0 fully saturated rings. The Kier molecular flexibility index (Phi) is 24.2. The van der Waals surface area contributed by atoms with Crippen LogP contribution in [-0.2, 0) is 21.6 Å². The topological polar surface area (TPSA) is 86.2 Å². The van der Waals surface area contributed by atoms with Gasteiger partial charge in [0.15, 0.2) is 0 Å². The van der Waals surface area contributed by atoms with Gasteiger partial charge in [-0.25, -0.2) is 0 Å². The van der Waals surface area contributed by atoms with Gasteiger partial charge in [-0.3, -0.25) is 0 Å². The molecule has 0 bridgehead atoms. The fourth-order valence-corrected chi connectivity index (χ4v) is 0. The molecule has 8 heavy (non-hydrogen) atoms. The van der Waals surface area contributed by atoms with Gasteiger partial charge in [-0.2, -0.15) is 7.82 Å². The third kappa shape index (κ3) is 134. The van der Waals surface area contributed by atoms with Gasteiger partial charge < -0.3 is 19.2 Å². The molecule has 0 aliphatic carbocycles. The molecule has 0 amide bonds. The minimum absolute atomic E-state index is 0. The number of halogens is 1. The molecule has 4 nitrogen and oxygen atoms in total. The first-order valence-electron chi connectivity index (χ1n) is 0.730. The molecule has 0 unspecified atom stereocenters. The van der Waals surface area contributed by atoms with Crippen LogP contribution in [0.25, 0.3) is 0 Å². The molecule has 0 aromatic rings. The molecule has 0 aromatic carbocycles. The average molecular weight is 193 g/mol. The van der Waals surface area contributed by atoms with E-state index in [2.05, 4.69) is 0 Å². The molecule has 0 rings (SSSR count). The van der Waals surface area contributed by atoms with Crippen LogP contribution in [0.2, 0.25) is 0 Å². The van der Waals surface area contributed by atoms with E-state index in [0.29, 0.717) is 0 Å². The summed E-state index contributed by atoms with van der Waals surface area (Å²) in [5, 5.41) is 0. The number of phosphoric acid groups is 1. The average Bonchev–Trinajstić information content (AvgIpc) is 0.722. The smallest absolute Gasteiger partial charge is 0.822 e. The van der Waals surface area contributed by atoms with E-state index in [-0.39, 0.29) is 51.3 Å². The molecule has 8 heteroatoms. The van der Waals surface area contributed by atoms with Crippen LogP contribution in [0.5, 0.6) is 0 Å². The second-order valence-electron chi connectivity index (χ2n) is 0.447. The zero-order valence-electron chi connectivity index (χ0n) is 3.81. The summed E-state index contributed by atoms with van der Waals surface area (Å²) in [6.45, 7) is 0. The van der Waals surface area contributed by atoms with Crippen molar-refractivity contribution >= 4 is 7.82 Å². The Morgan fingerprint density at radius 3 is 1.12 bits per heavy atom. The van der Waals surface area contributed by atoms with Gasteiger partial charge in [0.25, 0.3) is 0 Å². The second kappa shape index (κ2) is 8.56. The van der Waals surface area contributed by atoms with Gasteiger partial charge in [-0.1, -0.05) is 0 Å². The summed E-state index contributed by atoms with van der Waals surface area (Å²) in [6.07, 6.45) is 0. The summed E-state index contributed by atoms with van der Waals surface area (Å²) in [7, 11) is -5.39. The molecule has 0 saturated heterocycles. The van der Waals surface area contributed by atoms with Gasteiger partial charge in [0.2, 0.25) is 0 Å². The third-order valence-electron chi connectivity index (χ3n) is 0.